The molecule has 1 heterocycles. The van der Waals surface area contributed by atoms with Crippen molar-refractivity contribution < 1.29 is 22.6 Å². The molecule has 0 aromatic heterocycles. The van der Waals surface area contributed by atoms with E-state index in [1.165, 1.54) is 76.2 Å². The molecule has 4 aromatic rings. The Morgan fingerprint density at radius 2 is 1.33 bits per heavy atom. The molecule has 1 aliphatic rings. The third-order valence-corrected chi connectivity index (χ3v) is 10.4. The van der Waals surface area contributed by atoms with E-state index in [4.69, 9.17) is 24.1 Å². The number of nitrogens with zero attached hydrogens (tertiary/aromatic N) is 2. The number of halogens is 3. The van der Waals surface area contributed by atoms with Crippen LogP contribution in [0.4, 0.5) is 21.5 Å². The van der Waals surface area contributed by atoms with Gasteiger partial charge in [-0.25, -0.2) is 0 Å². The van der Waals surface area contributed by atoms with Gasteiger partial charge < -0.3 is 9.80 Å². The number of unbranched alkanes of at least 4 members (excludes halogenated alkanes) is 3. The predicted octanol–water partition coefficient (Wildman–Crippen LogP) is 11.5. The number of aryl methyl sites for hydroxylation is 6. The number of hydrogen-bond acceptors (Lipinski definition) is 4. The van der Waals surface area contributed by atoms with E-state index < -0.39 is 13.5 Å². The maximum atomic E-state index is 13.5. The Balaban J connectivity index is 0.000000222. The van der Waals surface area contributed by atoms with Crippen molar-refractivity contribution in [3.8, 4) is 5.75 Å². The van der Waals surface area contributed by atoms with Crippen molar-refractivity contribution in [2.24, 2.45) is 0 Å². The van der Waals surface area contributed by atoms with Crippen molar-refractivity contribution in [3.05, 3.63) is 124 Å². The van der Waals surface area contributed by atoms with Gasteiger partial charge in [-0.05, 0) is 63.8 Å². The van der Waals surface area contributed by atoms with E-state index in [0.29, 0.717) is 6.54 Å². The van der Waals surface area contributed by atoms with Gasteiger partial charge in [0.25, 0.3) is 0 Å². The molecule has 0 atom stereocenters. The summed E-state index contributed by atoms with van der Waals surface area (Å²) >= 11 is -2.00. The number of anilines is 3. The van der Waals surface area contributed by atoms with Crippen LogP contribution in [0.15, 0.2) is 66.7 Å². The average molecular weight is 793 g/mol. The first kappa shape index (κ1) is 38.9. The summed E-state index contributed by atoms with van der Waals surface area (Å²) in [7, 11) is 11.9. The van der Waals surface area contributed by atoms with Crippen molar-refractivity contribution in [2.45, 2.75) is 80.7 Å². The van der Waals surface area contributed by atoms with Crippen LogP contribution in [0.1, 0.15) is 77.1 Å². The summed E-state index contributed by atoms with van der Waals surface area (Å²) in [6, 6.07) is 21.7. The smallest absolute Gasteiger partial charge is 0.0146 e. The van der Waals surface area contributed by atoms with Crippen molar-refractivity contribution in [2.75, 3.05) is 34.8 Å². The van der Waals surface area contributed by atoms with Crippen LogP contribution in [0.2, 0.25) is 0 Å². The summed E-state index contributed by atoms with van der Waals surface area (Å²) in [4.78, 5) is 4.81. The average Bonchev–Trinajstić information content (AvgIpc) is 3.49. The molecular weight excluding hydrogens is 741 g/mol. The van der Waals surface area contributed by atoms with Crippen LogP contribution in [0.3, 0.4) is 0 Å². The largest absolute Gasteiger partial charge is 0.502 e. The van der Waals surface area contributed by atoms with E-state index in [2.05, 4.69) is 94.5 Å². The fourth-order valence-corrected chi connectivity index (χ4v) is 8.44. The first-order valence-corrected chi connectivity index (χ1v) is 22.6. The van der Waals surface area contributed by atoms with E-state index in [9.17, 15) is 4.39 Å². The molecule has 4 nitrogen and oxygen atoms in total. The quantitative estimate of drug-likeness (QED) is 0.0879. The SMILES string of the molecule is CCCCCCOc1ccc(NCc2ccc(F)cc2[CH]=[Ru]([Cl])[Cl])cc1.Cc1cc(C)c(N2[CH-]N(c3c(C)cc(C)cc3C)CC2)c(C)c1. The summed E-state index contributed by atoms with van der Waals surface area (Å²) in [6.07, 6.45) is 4.78. The molecular formula is C41H51Cl2FN3ORu-. The van der Waals surface area contributed by atoms with E-state index >= 15 is 0 Å². The second-order valence-electron chi connectivity index (χ2n) is 12.9. The van der Waals surface area contributed by atoms with Gasteiger partial charge in [0.05, 0.1) is 0 Å². The van der Waals surface area contributed by atoms with Crippen LogP contribution >= 0.6 is 19.4 Å². The van der Waals surface area contributed by atoms with E-state index in [-0.39, 0.29) is 5.82 Å². The molecule has 1 fully saturated rings. The number of ether oxygens (including phenoxy) is 1. The molecule has 0 unspecified atom stereocenters. The maximum absolute atomic E-state index is 13.5. The number of benzene rings is 4. The van der Waals surface area contributed by atoms with Crippen molar-refractivity contribution in [3.63, 3.8) is 0 Å². The minimum atomic E-state index is -2.00. The molecule has 0 spiro atoms. The minimum absolute atomic E-state index is 0.288. The van der Waals surface area contributed by atoms with Gasteiger partial charge >= 0.3 is 142 Å². The first-order valence-electron chi connectivity index (χ1n) is 17.1. The summed E-state index contributed by atoms with van der Waals surface area (Å²) in [5, 5.41) is 3.34. The van der Waals surface area contributed by atoms with Gasteiger partial charge in [-0.1, -0.05) is 61.6 Å². The Morgan fingerprint density at radius 3 is 1.84 bits per heavy atom. The second-order valence-corrected chi connectivity index (χ2v) is 18.7. The van der Waals surface area contributed by atoms with Crippen LogP contribution in [0, 0.1) is 54.0 Å². The van der Waals surface area contributed by atoms with E-state index in [1.807, 2.05) is 24.3 Å². The summed E-state index contributed by atoms with van der Waals surface area (Å²) in [5.41, 5.74) is 13.5. The van der Waals surface area contributed by atoms with Crippen LogP contribution in [-0.4, -0.2) is 24.3 Å². The monoisotopic (exact) mass is 792 g/mol. The van der Waals surface area contributed by atoms with Gasteiger partial charge in [0, 0.05) is 24.5 Å². The van der Waals surface area contributed by atoms with Gasteiger partial charge in [0.15, 0.2) is 0 Å². The van der Waals surface area contributed by atoms with Crippen molar-refractivity contribution in [1.29, 1.82) is 0 Å². The van der Waals surface area contributed by atoms with Gasteiger partial charge in [-0.2, -0.15) is 6.67 Å². The van der Waals surface area contributed by atoms with Gasteiger partial charge in [-0.15, -0.1) is 0 Å². The molecule has 1 saturated heterocycles. The van der Waals surface area contributed by atoms with Gasteiger partial charge in [0.1, 0.15) is 0 Å². The Kier molecular flexibility index (Phi) is 15.0. The Hall–Kier alpha value is -2.92. The second kappa shape index (κ2) is 18.9. The zero-order chi connectivity index (χ0) is 35.5. The summed E-state index contributed by atoms with van der Waals surface area (Å²) in [6.45, 7) is 21.1. The first-order chi connectivity index (χ1) is 23.4. The van der Waals surface area contributed by atoms with Crippen molar-refractivity contribution >= 4 is 41.1 Å². The zero-order valence-corrected chi connectivity index (χ0v) is 33.2. The van der Waals surface area contributed by atoms with E-state index in [1.54, 1.807) is 10.7 Å². The fraction of sp³-hybridized carbons (Fsp3) is 0.366. The third-order valence-electron chi connectivity index (χ3n) is 8.60. The molecule has 49 heavy (non-hydrogen) atoms. The van der Waals surface area contributed by atoms with Crippen LogP contribution < -0.4 is 19.9 Å². The zero-order valence-electron chi connectivity index (χ0n) is 30.0. The molecule has 266 valence electrons. The Bertz CT molecular complexity index is 1610. The van der Waals surface area contributed by atoms with Crippen LogP contribution in [-0.2, 0) is 20.1 Å². The topological polar surface area (TPSA) is 27.7 Å². The van der Waals surface area contributed by atoms with Crippen LogP contribution in [0.25, 0.3) is 0 Å². The minimum Gasteiger partial charge on any atom is -0.502 e. The normalized spacial score (nSPS) is 12.8. The number of nitrogens with one attached hydrogen (secondary N) is 1. The summed E-state index contributed by atoms with van der Waals surface area (Å²) in [5.74, 6) is 0.588. The number of hydrogen-bond donors (Lipinski definition) is 1. The molecule has 8 heteroatoms. The fourth-order valence-electron chi connectivity index (χ4n) is 6.58. The maximum Gasteiger partial charge on any atom is 0.0146 e. The third kappa shape index (κ3) is 11.6. The summed E-state index contributed by atoms with van der Waals surface area (Å²) < 4.78 is 21.0. The number of rotatable bonds is 12. The molecule has 0 bridgehead atoms. The Labute approximate surface area is 307 Å². The van der Waals surface area contributed by atoms with Gasteiger partial charge in [-0.3, -0.25) is 0 Å². The molecule has 0 amide bonds. The molecule has 0 saturated carbocycles. The molecule has 4 aromatic carbocycles. The Morgan fingerprint density at radius 1 is 0.776 bits per heavy atom. The molecule has 0 radical (unpaired) electrons. The van der Waals surface area contributed by atoms with Crippen molar-refractivity contribution in [1.82, 2.24) is 0 Å². The van der Waals surface area contributed by atoms with Crippen LogP contribution in [0.5, 0.6) is 5.75 Å². The molecule has 5 rings (SSSR count). The predicted molar refractivity (Wildman–Crippen MR) is 207 cm³/mol. The molecule has 0 aliphatic carbocycles. The van der Waals surface area contributed by atoms with E-state index in [0.717, 1.165) is 48.7 Å². The standard InChI is InChI=1S/C21H27N2.C20H24FNO.2ClH.Ru/c1-14-9-16(3)20(17(4)10-14)22-7-8-23(13-22)21-18(5)11-15(2)12-19(21)6;1-3-4-5-6-13-23-20-11-9-19(10-12-20)22-15-17-7-8-18(21)14-16(17)2;;;/h9-13H,7-8H2,1-6H3;2,7-12,14,22H,3-6,13,15H2,1H3;2*1H;/q-1;;;;+2/p-2. The van der Waals surface area contributed by atoms with Gasteiger partial charge in [0.2, 0.25) is 0 Å². The molecule has 1 aliphatic heterocycles. The molecule has 1 N–H and O–H groups in total.